The normalized spacial score (nSPS) is 20.2. The van der Waals surface area contributed by atoms with Gasteiger partial charge in [0.05, 0.1) is 5.69 Å². The number of fused-ring (bicyclic) bond motifs is 1. The first-order valence-corrected chi connectivity index (χ1v) is 9.50. The average molecular weight is 374 g/mol. The van der Waals surface area contributed by atoms with E-state index in [1.807, 2.05) is 4.90 Å². The van der Waals surface area contributed by atoms with Crippen LogP contribution in [0.2, 0.25) is 0 Å². The number of hydrogen-bond acceptors (Lipinski definition) is 6. The number of carbonyl (C=O) groups excluding carboxylic acids is 1. The highest BCUT2D eigenvalue weighted by Crippen LogP contribution is 2.41. The highest BCUT2D eigenvalue weighted by atomic mass is 16.5. The lowest BCUT2D eigenvalue weighted by atomic mass is 9.77. The van der Waals surface area contributed by atoms with Gasteiger partial charge in [0, 0.05) is 45.8 Å². The maximum Gasteiger partial charge on any atom is 0.274 e. The molecule has 146 valence electrons. The van der Waals surface area contributed by atoms with Crippen LogP contribution in [-0.2, 0) is 16.1 Å². The van der Waals surface area contributed by atoms with E-state index in [-0.39, 0.29) is 16.9 Å². The number of hydrogen-bond donors (Lipinski definition) is 1. The highest BCUT2D eigenvalue weighted by Gasteiger charge is 2.44. The summed E-state index contributed by atoms with van der Waals surface area (Å²) < 4.78 is 6.42. The van der Waals surface area contributed by atoms with Gasteiger partial charge in [-0.1, -0.05) is 0 Å². The van der Waals surface area contributed by atoms with E-state index >= 15 is 0 Å². The standard InChI is InChI=1S/C18H26N6O3/c1-27-8-2-5-23-12-18(10-16(23)26)3-6-22(7-4-18)11-14-9-15(25)24-17(21-14)19-13-20-24/h9,13H,2-8,10-12H2,1H3,(H,19,20,21). The summed E-state index contributed by atoms with van der Waals surface area (Å²) in [4.78, 5) is 37.3. The molecule has 0 aromatic carbocycles. The molecule has 4 rings (SSSR count). The van der Waals surface area contributed by atoms with Crippen molar-refractivity contribution in [3.63, 3.8) is 0 Å². The van der Waals surface area contributed by atoms with Crippen molar-refractivity contribution in [3.8, 4) is 0 Å². The SMILES string of the molecule is COCCCN1CC2(CCN(Cc3cc(=O)n4[nH]cnc4n3)CC2)CC1=O. The molecule has 2 aromatic rings. The molecule has 2 aromatic heterocycles. The second-order valence-corrected chi connectivity index (χ2v) is 7.72. The number of nitrogens with zero attached hydrogens (tertiary/aromatic N) is 5. The summed E-state index contributed by atoms with van der Waals surface area (Å²) in [7, 11) is 1.69. The number of likely N-dealkylation sites (tertiary alicyclic amines) is 2. The Bertz CT molecular complexity index is 867. The second kappa shape index (κ2) is 7.40. The number of methoxy groups -OCH3 is 1. The van der Waals surface area contributed by atoms with Crippen LogP contribution < -0.4 is 5.56 Å². The molecule has 2 aliphatic rings. The van der Waals surface area contributed by atoms with Crippen LogP contribution in [0.5, 0.6) is 0 Å². The van der Waals surface area contributed by atoms with Gasteiger partial charge in [-0.15, -0.1) is 0 Å². The van der Waals surface area contributed by atoms with Gasteiger partial charge in [-0.2, -0.15) is 4.52 Å². The fourth-order valence-electron chi connectivity index (χ4n) is 4.28. The molecule has 0 atom stereocenters. The van der Waals surface area contributed by atoms with Crippen molar-refractivity contribution < 1.29 is 9.53 Å². The molecule has 1 amide bonds. The number of aromatic amines is 1. The molecular weight excluding hydrogens is 348 g/mol. The first kappa shape index (κ1) is 18.1. The Hall–Kier alpha value is -2.26. The van der Waals surface area contributed by atoms with Crippen molar-refractivity contribution in [2.75, 3.05) is 39.9 Å². The fourth-order valence-corrected chi connectivity index (χ4v) is 4.28. The maximum atomic E-state index is 12.4. The smallest absolute Gasteiger partial charge is 0.274 e. The van der Waals surface area contributed by atoms with E-state index in [0.717, 1.165) is 51.1 Å². The van der Waals surface area contributed by atoms with E-state index in [1.165, 1.54) is 10.8 Å². The minimum Gasteiger partial charge on any atom is -0.385 e. The van der Waals surface area contributed by atoms with Crippen LogP contribution in [0.1, 0.15) is 31.4 Å². The zero-order valence-electron chi connectivity index (χ0n) is 15.7. The van der Waals surface area contributed by atoms with Crippen molar-refractivity contribution in [1.29, 1.82) is 0 Å². The molecule has 1 spiro atoms. The Balaban J connectivity index is 1.34. The molecular formula is C18H26N6O3. The topological polar surface area (TPSA) is 95.8 Å². The van der Waals surface area contributed by atoms with Gasteiger partial charge in [0.2, 0.25) is 5.91 Å². The molecule has 0 unspecified atom stereocenters. The molecule has 0 saturated carbocycles. The summed E-state index contributed by atoms with van der Waals surface area (Å²) in [6.07, 6.45) is 5.02. The van der Waals surface area contributed by atoms with Crippen LogP contribution in [0.3, 0.4) is 0 Å². The predicted octanol–water partition coefficient (Wildman–Crippen LogP) is 0.269. The molecule has 2 fully saturated rings. The maximum absolute atomic E-state index is 12.4. The van der Waals surface area contributed by atoms with Gasteiger partial charge in [-0.3, -0.25) is 19.6 Å². The minimum absolute atomic E-state index is 0.111. The lowest BCUT2D eigenvalue weighted by molar-refractivity contribution is -0.128. The van der Waals surface area contributed by atoms with Crippen LogP contribution >= 0.6 is 0 Å². The van der Waals surface area contributed by atoms with Gasteiger partial charge >= 0.3 is 0 Å². The zero-order chi connectivity index (χ0) is 18.9. The first-order chi connectivity index (χ1) is 13.1. The minimum atomic E-state index is -0.144. The molecule has 0 aliphatic carbocycles. The Labute approximate surface area is 157 Å². The van der Waals surface area contributed by atoms with Crippen molar-refractivity contribution in [2.45, 2.75) is 32.2 Å². The number of piperidine rings is 1. The number of amides is 1. The zero-order valence-corrected chi connectivity index (χ0v) is 15.7. The largest absolute Gasteiger partial charge is 0.385 e. The predicted molar refractivity (Wildman–Crippen MR) is 98.2 cm³/mol. The van der Waals surface area contributed by atoms with Gasteiger partial charge in [-0.05, 0) is 37.8 Å². The Kier molecular flexibility index (Phi) is 4.96. The summed E-state index contributed by atoms with van der Waals surface area (Å²) in [6, 6.07) is 1.56. The molecule has 0 bridgehead atoms. The number of carbonyl (C=O) groups is 1. The van der Waals surface area contributed by atoms with Crippen LogP contribution in [0.25, 0.3) is 5.78 Å². The monoisotopic (exact) mass is 374 g/mol. The number of rotatable bonds is 6. The lowest BCUT2D eigenvalue weighted by Gasteiger charge is -2.38. The molecule has 4 heterocycles. The lowest BCUT2D eigenvalue weighted by Crippen LogP contribution is -2.41. The quantitative estimate of drug-likeness (QED) is 0.729. The number of nitrogens with one attached hydrogen (secondary N) is 1. The van der Waals surface area contributed by atoms with Crippen molar-refractivity contribution in [1.82, 2.24) is 29.4 Å². The van der Waals surface area contributed by atoms with Gasteiger partial charge in [0.15, 0.2) is 0 Å². The van der Waals surface area contributed by atoms with Crippen LogP contribution in [-0.4, -0.2) is 75.2 Å². The number of H-pyrrole nitrogens is 1. The Morgan fingerprint density at radius 2 is 2.11 bits per heavy atom. The molecule has 0 radical (unpaired) electrons. The van der Waals surface area contributed by atoms with Gasteiger partial charge in [0.1, 0.15) is 6.33 Å². The first-order valence-electron chi connectivity index (χ1n) is 9.50. The van der Waals surface area contributed by atoms with Crippen molar-refractivity contribution in [3.05, 3.63) is 28.4 Å². The van der Waals surface area contributed by atoms with E-state index < -0.39 is 0 Å². The van der Waals surface area contributed by atoms with Gasteiger partial charge in [-0.25, -0.2) is 9.97 Å². The molecule has 9 heteroatoms. The molecule has 9 nitrogen and oxygen atoms in total. The van der Waals surface area contributed by atoms with Crippen molar-refractivity contribution in [2.24, 2.45) is 5.41 Å². The average Bonchev–Trinajstić information content (AvgIpc) is 3.23. The number of aromatic nitrogens is 4. The summed E-state index contributed by atoms with van der Waals surface area (Å²) in [5.41, 5.74) is 0.709. The molecule has 2 aliphatic heterocycles. The van der Waals surface area contributed by atoms with E-state index in [1.54, 1.807) is 13.2 Å². The second-order valence-electron chi connectivity index (χ2n) is 7.72. The van der Waals surface area contributed by atoms with Crippen LogP contribution in [0, 0.1) is 5.41 Å². The summed E-state index contributed by atoms with van der Waals surface area (Å²) in [5, 5.41) is 2.75. The van der Waals surface area contributed by atoms with E-state index in [2.05, 4.69) is 20.0 Å². The Morgan fingerprint density at radius 3 is 2.89 bits per heavy atom. The molecule has 2 saturated heterocycles. The van der Waals surface area contributed by atoms with E-state index in [9.17, 15) is 9.59 Å². The highest BCUT2D eigenvalue weighted by molar-refractivity contribution is 5.79. The molecule has 1 N–H and O–H groups in total. The third kappa shape index (κ3) is 3.74. The third-order valence-corrected chi connectivity index (χ3v) is 5.80. The van der Waals surface area contributed by atoms with Crippen LogP contribution in [0.4, 0.5) is 0 Å². The summed E-state index contributed by atoms with van der Waals surface area (Å²) >= 11 is 0. The third-order valence-electron chi connectivity index (χ3n) is 5.80. The number of ether oxygens (including phenoxy) is 1. The van der Waals surface area contributed by atoms with Crippen LogP contribution in [0.15, 0.2) is 17.2 Å². The van der Waals surface area contributed by atoms with E-state index in [4.69, 9.17) is 4.74 Å². The fraction of sp³-hybridized carbons (Fsp3) is 0.667. The van der Waals surface area contributed by atoms with Gasteiger partial charge < -0.3 is 9.64 Å². The van der Waals surface area contributed by atoms with Gasteiger partial charge in [0.25, 0.3) is 11.3 Å². The Morgan fingerprint density at radius 1 is 1.30 bits per heavy atom. The summed E-state index contributed by atoms with van der Waals surface area (Å²) in [6.45, 7) is 4.82. The van der Waals surface area contributed by atoms with Crippen molar-refractivity contribution >= 4 is 11.7 Å². The summed E-state index contributed by atoms with van der Waals surface area (Å²) in [5.74, 6) is 0.678. The molecule has 27 heavy (non-hydrogen) atoms. The van der Waals surface area contributed by atoms with E-state index in [0.29, 0.717) is 25.4 Å².